The third kappa shape index (κ3) is 6.04. The molecule has 0 aliphatic rings. The molecule has 0 saturated heterocycles. The van der Waals surface area contributed by atoms with Gasteiger partial charge < -0.3 is 10.1 Å². The third-order valence-corrected chi connectivity index (χ3v) is 4.13. The fourth-order valence-corrected chi connectivity index (χ4v) is 2.22. The van der Waals surface area contributed by atoms with Crippen LogP contribution in [0.2, 0.25) is 0 Å². The first kappa shape index (κ1) is 18.0. The first-order chi connectivity index (χ1) is 9.88. The van der Waals surface area contributed by atoms with E-state index in [1.807, 2.05) is 6.20 Å². The van der Waals surface area contributed by atoms with Crippen molar-refractivity contribution in [3.63, 3.8) is 0 Å². The molecule has 21 heavy (non-hydrogen) atoms. The van der Waals surface area contributed by atoms with E-state index in [4.69, 9.17) is 4.74 Å². The molecule has 0 bridgehead atoms. The van der Waals surface area contributed by atoms with Crippen molar-refractivity contribution in [2.45, 2.75) is 60.4 Å². The van der Waals surface area contributed by atoms with Gasteiger partial charge in [0.2, 0.25) is 0 Å². The molecule has 1 aromatic heterocycles. The Hall–Kier alpha value is -1.09. The van der Waals surface area contributed by atoms with Crippen LogP contribution in [0.5, 0.6) is 5.75 Å². The summed E-state index contributed by atoms with van der Waals surface area (Å²) in [5, 5.41) is 3.59. The Morgan fingerprint density at radius 1 is 1.24 bits per heavy atom. The Balaban J connectivity index is 2.84. The van der Waals surface area contributed by atoms with Crippen LogP contribution in [-0.4, -0.2) is 18.1 Å². The summed E-state index contributed by atoms with van der Waals surface area (Å²) in [6, 6.07) is 2.47. The molecule has 0 radical (unpaired) electrons. The molecular formula is C18H32N2O. The highest BCUT2D eigenvalue weighted by Gasteiger charge is 2.24. The van der Waals surface area contributed by atoms with Crippen molar-refractivity contribution in [2.24, 2.45) is 11.3 Å². The first-order valence-electron chi connectivity index (χ1n) is 8.19. The van der Waals surface area contributed by atoms with E-state index in [2.05, 4.69) is 57.9 Å². The lowest BCUT2D eigenvalue weighted by Gasteiger charge is -2.31. The maximum atomic E-state index is 5.71. The molecule has 1 aromatic rings. The Morgan fingerprint density at radius 3 is 2.52 bits per heavy atom. The zero-order valence-corrected chi connectivity index (χ0v) is 14.6. The van der Waals surface area contributed by atoms with E-state index in [-0.39, 0.29) is 0 Å². The number of hydrogen-bond acceptors (Lipinski definition) is 3. The smallest absolute Gasteiger partial charge is 0.137 e. The van der Waals surface area contributed by atoms with Crippen molar-refractivity contribution in [1.29, 1.82) is 0 Å². The SMILES string of the molecule is CCCOc1cncc(C(CC(C)C(C)(C)C)NCC)c1. The number of rotatable bonds is 8. The van der Waals surface area contributed by atoms with Crippen LogP contribution >= 0.6 is 0 Å². The molecule has 0 aliphatic heterocycles. The second-order valence-corrected chi connectivity index (χ2v) is 6.92. The molecule has 0 aromatic carbocycles. The molecule has 1 rings (SSSR count). The van der Waals surface area contributed by atoms with Crippen LogP contribution in [0.1, 0.15) is 66.0 Å². The van der Waals surface area contributed by atoms with Crippen molar-refractivity contribution in [3.05, 3.63) is 24.0 Å². The van der Waals surface area contributed by atoms with Crippen molar-refractivity contribution in [3.8, 4) is 5.75 Å². The third-order valence-electron chi connectivity index (χ3n) is 4.13. The number of nitrogens with one attached hydrogen (secondary N) is 1. The molecule has 0 saturated carbocycles. The van der Waals surface area contributed by atoms with E-state index in [1.54, 1.807) is 6.20 Å². The van der Waals surface area contributed by atoms with Gasteiger partial charge in [-0.15, -0.1) is 0 Å². The minimum absolute atomic E-state index is 0.317. The van der Waals surface area contributed by atoms with E-state index < -0.39 is 0 Å². The van der Waals surface area contributed by atoms with Gasteiger partial charge in [0.15, 0.2) is 0 Å². The number of aromatic nitrogens is 1. The molecule has 0 aliphatic carbocycles. The van der Waals surface area contributed by atoms with Gasteiger partial charge in [0.05, 0.1) is 12.8 Å². The minimum Gasteiger partial charge on any atom is -0.492 e. The summed E-state index contributed by atoms with van der Waals surface area (Å²) in [5.74, 6) is 1.50. The molecule has 2 unspecified atom stereocenters. The number of hydrogen-bond donors (Lipinski definition) is 1. The number of nitrogens with zero attached hydrogens (tertiary/aromatic N) is 1. The summed E-state index contributed by atoms with van der Waals surface area (Å²) < 4.78 is 5.71. The van der Waals surface area contributed by atoms with Gasteiger partial charge in [0, 0.05) is 12.2 Å². The number of ether oxygens (including phenoxy) is 1. The molecular weight excluding hydrogens is 260 g/mol. The molecule has 3 heteroatoms. The summed E-state index contributed by atoms with van der Waals surface area (Å²) >= 11 is 0. The fourth-order valence-electron chi connectivity index (χ4n) is 2.22. The first-order valence-corrected chi connectivity index (χ1v) is 8.19. The quantitative estimate of drug-likeness (QED) is 0.760. The van der Waals surface area contributed by atoms with Gasteiger partial charge in [0.25, 0.3) is 0 Å². The van der Waals surface area contributed by atoms with Crippen LogP contribution < -0.4 is 10.1 Å². The molecule has 120 valence electrons. The lowest BCUT2D eigenvalue weighted by molar-refractivity contribution is 0.223. The zero-order chi connectivity index (χ0) is 15.9. The number of pyridine rings is 1. The summed E-state index contributed by atoms with van der Waals surface area (Å²) in [4.78, 5) is 4.35. The highest BCUT2D eigenvalue weighted by Crippen LogP contribution is 2.33. The molecule has 2 atom stereocenters. The largest absolute Gasteiger partial charge is 0.492 e. The lowest BCUT2D eigenvalue weighted by Crippen LogP contribution is -2.27. The standard InChI is InChI=1S/C18H32N2O/c1-7-9-21-16-11-15(12-19-13-16)17(20-8-2)10-14(3)18(4,5)6/h11-14,17,20H,7-10H2,1-6H3. The fraction of sp³-hybridized carbons (Fsp3) is 0.722. The van der Waals surface area contributed by atoms with E-state index in [1.165, 1.54) is 5.56 Å². The van der Waals surface area contributed by atoms with Crippen LogP contribution in [0, 0.1) is 11.3 Å². The van der Waals surface area contributed by atoms with Gasteiger partial charge in [-0.05, 0) is 42.3 Å². The van der Waals surface area contributed by atoms with Crippen molar-refractivity contribution < 1.29 is 4.74 Å². The lowest BCUT2D eigenvalue weighted by atomic mass is 9.77. The molecule has 0 fully saturated rings. The Morgan fingerprint density at radius 2 is 1.95 bits per heavy atom. The molecule has 1 heterocycles. The summed E-state index contributed by atoms with van der Waals surface area (Å²) in [7, 11) is 0. The predicted molar refractivity (Wildman–Crippen MR) is 89.7 cm³/mol. The maximum Gasteiger partial charge on any atom is 0.137 e. The Kier molecular flexibility index (Phi) is 7.16. The van der Waals surface area contributed by atoms with Gasteiger partial charge >= 0.3 is 0 Å². The Bertz CT molecular complexity index is 412. The van der Waals surface area contributed by atoms with Gasteiger partial charge in [-0.1, -0.05) is 41.5 Å². The highest BCUT2D eigenvalue weighted by molar-refractivity contribution is 5.26. The van der Waals surface area contributed by atoms with E-state index >= 15 is 0 Å². The Labute approximate surface area is 130 Å². The van der Waals surface area contributed by atoms with Crippen LogP contribution in [0.3, 0.4) is 0 Å². The van der Waals surface area contributed by atoms with Gasteiger partial charge in [-0.2, -0.15) is 0 Å². The van der Waals surface area contributed by atoms with E-state index in [9.17, 15) is 0 Å². The zero-order valence-electron chi connectivity index (χ0n) is 14.6. The van der Waals surface area contributed by atoms with Crippen molar-refractivity contribution in [1.82, 2.24) is 10.3 Å². The van der Waals surface area contributed by atoms with Crippen LogP contribution in [-0.2, 0) is 0 Å². The van der Waals surface area contributed by atoms with Crippen LogP contribution in [0.4, 0.5) is 0 Å². The topological polar surface area (TPSA) is 34.1 Å². The van der Waals surface area contributed by atoms with Crippen molar-refractivity contribution in [2.75, 3.05) is 13.2 Å². The van der Waals surface area contributed by atoms with E-state index in [0.29, 0.717) is 17.4 Å². The van der Waals surface area contributed by atoms with Gasteiger partial charge in [0.1, 0.15) is 5.75 Å². The molecule has 1 N–H and O–H groups in total. The maximum absolute atomic E-state index is 5.71. The van der Waals surface area contributed by atoms with Gasteiger partial charge in [-0.3, -0.25) is 4.98 Å². The second-order valence-electron chi connectivity index (χ2n) is 6.92. The average molecular weight is 292 g/mol. The second kappa shape index (κ2) is 8.38. The average Bonchev–Trinajstić information content (AvgIpc) is 2.44. The molecule has 0 amide bonds. The summed E-state index contributed by atoms with van der Waals surface area (Å²) in [6.07, 6.45) is 5.88. The molecule has 3 nitrogen and oxygen atoms in total. The summed E-state index contributed by atoms with van der Waals surface area (Å²) in [5.41, 5.74) is 1.54. The minimum atomic E-state index is 0.317. The van der Waals surface area contributed by atoms with Crippen LogP contribution in [0.25, 0.3) is 0 Å². The summed E-state index contributed by atoms with van der Waals surface area (Å²) in [6.45, 7) is 15.2. The van der Waals surface area contributed by atoms with E-state index in [0.717, 1.165) is 31.7 Å². The van der Waals surface area contributed by atoms with Gasteiger partial charge in [-0.25, -0.2) is 0 Å². The predicted octanol–water partition coefficient (Wildman–Crippen LogP) is 4.59. The highest BCUT2D eigenvalue weighted by atomic mass is 16.5. The monoisotopic (exact) mass is 292 g/mol. The normalized spacial score (nSPS) is 14.8. The molecule has 0 spiro atoms. The van der Waals surface area contributed by atoms with Crippen molar-refractivity contribution >= 4 is 0 Å². The van der Waals surface area contributed by atoms with Crippen LogP contribution in [0.15, 0.2) is 18.5 Å².